The fourth-order valence-electron chi connectivity index (χ4n) is 2.88. The molecule has 0 aliphatic rings. The maximum atomic E-state index is 11.7. The summed E-state index contributed by atoms with van der Waals surface area (Å²) in [7, 11) is 1.64. The summed E-state index contributed by atoms with van der Waals surface area (Å²) in [6.45, 7) is 4.38. The second-order valence-electron chi connectivity index (χ2n) is 5.87. The van der Waals surface area contributed by atoms with Gasteiger partial charge in [0, 0.05) is 16.5 Å². The Balaban J connectivity index is 2.15. The van der Waals surface area contributed by atoms with Crippen LogP contribution in [0.3, 0.4) is 0 Å². The van der Waals surface area contributed by atoms with Crippen LogP contribution in [0.2, 0.25) is 0 Å². The van der Waals surface area contributed by atoms with Crippen molar-refractivity contribution in [3.63, 3.8) is 0 Å². The molecule has 1 N–H and O–H groups in total. The van der Waals surface area contributed by atoms with Gasteiger partial charge in [-0.05, 0) is 59.9 Å². The number of aromatic amines is 1. The normalized spacial score (nSPS) is 12.3. The summed E-state index contributed by atoms with van der Waals surface area (Å²) in [5, 5.41) is 0.989. The summed E-state index contributed by atoms with van der Waals surface area (Å²) in [5.74, 6) is 1.29. The number of carbonyl (C=O) groups excluding carboxylic acids is 1. The highest BCUT2D eigenvalue weighted by molar-refractivity contribution is 6.04. The van der Waals surface area contributed by atoms with Gasteiger partial charge in [0.15, 0.2) is 6.29 Å². The van der Waals surface area contributed by atoms with Crippen molar-refractivity contribution in [2.24, 2.45) is 0 Å². The molecule has 23 heavy (non-hydrogen) atoms. The number of methoxy groups -OCH3 is 1. The lowest BCUT2D eigenvalue weighted by molar-refractivity contribution is 0.112. The van der Waals surface area contributed by atoms with Crippen molar-refractivity contribution in [3.8, 4) is 17.0 Å². The van der Waals surface area contributed by atoms with Gasteiger partial charge in [-0.1, -0.05) is 19.9 Å². The molecule has 0 aliphatic carbocycles. The molecule has 2 aromatic carbocycles. The van der Waals surface area contributed by atoms with Gasteiger partial charge in [-0.25, -0.2) is 0 Å². The number of benzene rings is 2. The SMILES string of the molecule is CCC(C)c1ccc2[nH]c(-c3ccc(OC)cc3)c(C=O)c2c1. The molecule has 0 spiro atoms. The lowest BCUT2D eigenvalue weighted by atomic mass is 9.96. The second kappa shape index (κ2) is 6.29. The standard InChI is InChI=1S/C20H21NO2/c1-4-13(2)15-7-10-19-17(11-15)18(12-22)20(21-19)14-5-8-16(23-3)9-6-14/h5-13,21H,4H2,1-3H3. The zero-order valence-corrected chi connectivity index (χ0v) is 13.7. The zero-order valence-electron chi connectivity index (χ0n) is 13.7. The monoisotopic (exact) mass is 307 g/mol. The minimum absolute atomic E-state index is 0.484. The summed E-state index contributed by atoms with van der Waals surface area (Å²) < 4.78 is 5.20. The van der Waals surface area contributed by atoms with Crippen LogP contribution in [0, 0.1) is 0 Å². The third-order valence-electron chi connectivity index (χ3n) is 4.54. The van der Waals surface area contributed by atoms with E-state index in [0.717, 1.165) is 46.2 Å². The predicted molar refractivity (Wildman–Crippen MR) is 94.4 cm³/mol. The van der Waals surface area contributed by atoms with Crippen LogP contribution in [0.25, 0.3) is 22.2 Å². The Bertz CT molecular complexity index is 831. The van der Waals surface area contributed by atoms with Gasteiger partial charge in [0.1, 0.15) is 5.75 Å². The number of hydrogen-bond acceptors (Lipinski definition) is 2. The molecule has 0 fully saturated rings. The first kappa shape index (κ1) is 15.3. The molecule has 1 unspecified atom stereocenters. The van der Waals surface area contributed by atoms with E-state index in [1.165, 1.54) is 5.56 Å². The molecule has 0 amide bonds. The van der Waals surface area contributed by atoms with Crippen LogP contribution >= 0.6 is 0 Å². The molecule has 3 rings (SSSR count). The van der Waals surface area contributed by atoms with Crippen LogP contribution in [0.1, 0.15) is 42.1 Å². The van der Waals surface area contributed by atoms with Crippen LogP contribution in [-0.2, 0) is 0 Å². The zero-order chi connectivity index (χ0) is 16.4. The predicted octanol–water partition coefficient (Wildman–Crippen LogP) is 5.17. The highest BCUT2D eigenvalue weighted by Gasteiger charge is 2.14. The van der Waals surface area contributed by atoms with Crippen LogP contribution < -0.4 is 4.74 Å². The molecular formula is C20H21NO2. The lowest BCUT2D eigenvalue weighted by Gasteiger charge is -2.08. The number of fused-ring (bicyclic) bond motifs is 1. The van der Waals surface area contributed by atoms with E-state index in [1.807, 2.05) is 24.3 Å². The van der Waals surface area contributed by atoms with Gasteiger partial charge in [0.05, 0.1) is 12.8 Å². The van der Waals surface area contributed by atoms with E-state index in [9.17, 15) is 4.79 Å². The summed E-state index contributed by atoms with van der Waals surface area (Å²) in [4.78, 5) is 15.1. The van der Waals surface area contributed by atoms with Gasteiger partial charge in [0.2, 0.25) is 0 Å². The fraction of sp³-hybridized carbons (Fsp3) is 0.250. The van der Waals surface area contributed by atoms with E-state index in [-0.39, 0.29) is 0 Å². The summed E-state index contributed by atoms with van der Waals surface area (Å²) in [5.41, 5.74) is 4.82. The number of aromatic nitrogens is 1. The Morgan fingerprint density at radius 3 is 2.52 bits per heavy atom. The third-order valence-corrected chi connectivity index (χ3v) is 4.54. The Hall–Kier alpha value is -2.55. The Kier molecular flexibility index (Phi) is 4.20. The molecule has 0 radical (unpaired) electrons. The Labute approximate surface area is 136 Å². The smallest absolute Gasteiger partial charge is 0.152 e. The summed E-state index contributed by atoms with van der Waals surface area (Å²) in [6, 6.07) is 14.1. The Morgan fingerprint density at radius 1 is 1.17 bits per heavy atom. The van der Waals surface area contributed by atoms with Crippen molar-refractivity contribution >= 4 is 17.2 Å². The highest BCUT2D eigenvalue weighted by atomic mass is 16.5. The molecule has 3 aromatic rings. The molecule has 1 aromatic heterocycles. The molecule has 118 valence electrons. The first-order valence-corrected chi connectivity index (χ1v) is 7.93. The molecule has 1 heterocycles. The van der Waals surface area contributed by atoms with Crippen LogP contribution in [0.5, 0.6) is 5.75 Å². The number of rotatable bonds is 5. The average Bonchev–Trinajstić information content (AvgIpc) is 2.98. The number of carbonyl (C=O) groups is 1. The average molecular weight is 307 g/mol. The van der Waals surface area contributed by atoms with Crippen LogP contribution in [-0.4, -0.2) is 18.4 Å². The minimum Gasteiger partial charge on any atom is -0.497 e. The molecule has 0 saturated carbocycles. The van der Waals surface area contributed by atoms with E-state index in [4.69, 9.17) is 4.74 Å². The molecule has 0 saturated heterocycles. The maximum Gasteiger partial charge on any atom is 0.152 e. The number of nitrogens with one attached hydrogen (secondary N) is 1. The van der Waals surface area contributed by atoms with Crippen molar-refractivity contribution in [2.75, 3.05) is 7.11 Å². The molecule has 3 nitrogen and oxygen atoms in total. The van der Waals surface area contributed by atoms with Gasteiger partial charge >= 0.3 is 0 Å². The van der Waals surface area contributed by atoms with Gasteiger partial charge in [-0.15, -0.1) is 0 Å². The minimum atomic E-state index is 0.484. The van der Waals surface area contributed by atoms with Gasteiger partial charge < -0.3 is 9.72 Å². The van der Waals surface area contributed by atoms with Crippen molar-refractivity contribution in [3.05, 3.63) is 53.6 Å². The number of hydrogen-bond donors (Lipinski definition) is 1. The van der Waals surface area contributed by atoms with Crippen molar-refractivity contribution in [1.82, 2.24) is 4.98 Å². The van der Waals surface area contributed by atoms with Crippen molar-refractivity contribution in [2.45, 2.75) is 26.2 Å². The van der Waals surface area contributed by atoms with Crippen LogP contribution in [0.15, 0.2) is 42.5 Å². The highest BCUT2D eigenvalue weighted by Crippen LogP contribution is 2.32. The molecular weight excluding hydrogens is 286 g/mol. The van der Waals surface area contributed by atoms with Gasteiger partial charge in [-0.2, -0.15) is 0 Å². The second-order valence-corrected chi connectivity index (χ2v) is 5.87. The third kappa shape index (κ3) is 2.74. The summed E-state index contributed by atoms with van der Waals surface area (Å²) in [6.07, 6.45) is 2.02. The van der Waals surface area contributed by atoms with Crippen molar-refractivity contribution < 1.29 is 9.53 Å². The van der Waals surface area contributed by atoms with E-state index >= 15 is 0 Å². The lowest BCUT2D eigenvalue weighted by Crippen LogP contribution is -1.91. The molecule has 1 atom stereocenters. The number of H-pyrrole nitrogens is 1. The van der Waals surface area contributed by atoms with Gasteiger partial charge in [-0.3, -0.25) is 4.79 Å². The summed E-state index contributed by atoms with van der Waals surface area (Å²) >= 11 is 0. The Morgan fingerprint density at radius 2 is 1.91 bits per heavy atom. The van der Waals surface area contributed by atoms with Crippen LogP contribution in [0.4, 0.5) is 0 Å². The van der Waals surface area contributed by atoms with Gasteiger partial charge in [0.25, 0.3) is 0 Å². The first-order chi connectivity index (χ1) is 11.2. The molecule has 0 aliphatic heterocycles. The fourth-order valence-corrected chi connectivity index (χ4v) is 2.88. The number of ether oxygens (including phenoxy) is 1. The van der Waals surface area contributed by atoms with E-state index in [0.29, 0.717) is 5.92 Å². The topological polar surface area (TPSA) is 42.1 Å². The van der Waals surface area contributed by atoms with E-state index < -0.39 is 0 Å². The quantitative estimate of drug-likeness (QED) is 0.661. The largest absolute Gasteiger partial charge is 0.497 e. The first-order valence-electron chi connectivity index (χ1n) is 7.93. The maximum absolute atomic E-state index is 11.7. The van der Waals surface area contributed by atoms with E-state index in [1.54, 1.807) is 7.11 Å². The molecule has 0 bridgehead atoms. The van der Waals surface area contributed by atoms with Crippen molar-refractivity contribution in [1.29, 1.82) is 0 Å². The molecule has 3 heteroatoms. The number of aldehydes is 1. The van der Waals surface area contributed by atoms with E-state index in [2.05, 4.69) is 37.0 Å².